The Labute approximate surface area is 175 Å². The molecule has 0 saturated carbocycles. The van der Waals surface area contributed by atoms with E-state index in [1.165, 1.54) is 21.3 Å². The number of anilines is 1. The molecule has 0 saturated heterocycles. The van der Waals surface area contributed by atoms with Gasteiger partial charge in [0.1, 0.15) is 0 Å². The Morgan fingerprint density at radius 2 is 1.68 bits per heavy atom. The molecule has 3 aromatic rings. The number of nitrogens with one attached hydrogen (secondary N) is 1. The predicted molar refractivity (Wildman–Crippen MR) is 104 cm³/mol. The molecule has 2 heterocycles. The molecule has 0 aliphatic heterocycles. The Balaban J connectivity index is 1.90. The zero-order chi connectivity index (χ0) is 22.9. The number of alkyl halides is 3. The van der Waals surface area contributed by atoms with E-state index >= 15 is 0 Å². The Morgan fingerprint density at radius 1 is 1.06 bits per heavy atom. The lowest BCUT2D eigenvalue weighted by Gasteiger charge is -2.15. The van der Waals surface area contributed by atoms with E-state index in [-0.39, 0.29) is 12.2 Å². The van der Waals surface area contributed by atoms with Crippen molar-refractivity contribution in [3.05, 3.63) is 34.9 Å². The van der Waals surface area contributed by atoms with Gasteiger partial charge in [-0.05, 0) is 13.8 Å². The first-order valence-corrected chi connectivity index (χ1v) is 8.99. The summed E-state index contributed by atoms with van der Waals surface area (Å²) in [4.78, 5) is 20.1. The van der Waals surface area contributed by atoms with Crippen molar-refractivity contribution in [1.29, 1.82) is 0 Å². The molecular weight excluding hydrogens is 419 g/mol. The maximum atomic E-state index is 12.9. The first-order valence-electron chi connectivity index (χ1n) is 8.99. The molecule has 166 valence electrons. The van der Waals surface area contributed by atoms with Crippen LogP contribution in [0.4, 0.5) is 18.9 Å². The Hall–Kier alpha value is -3.57. The van der Waals surface area contributed by atoms with E-state index in [0.29, 0.717) is 39.9 Å². The average Bonchev–Trinajstić information content (AvgIpc) is 3.15. The van der Waals surface area contributed by atoms with Crippen LogP contribution in [0.3, 0.4) is 0 Å². The van der Waals surface area contributed by atoms with Gasteiger partial charge < -0.3 is 19.5 Å². The standard InChI is InChI=1S/C19H20F3N5O4/c1-9-12(10(2)27-18(23-9)25-17(26-27)19(20,21)22)8-15(28)24-11-6-13(29-3)16(31-5)14(7-11)30-4/h6-7H,8H2,1-5H3,(H,24,28). The number of carbonyl (C=O) groups is 1. The van der Waals surface area contributed by atoms with E-state index in [4.69, 9.17) is 14.2 Å². The number of aromatic nitrogens is 4. The van der Waals surface area contributed by atoms with Crippen molar-refractivity contribution in [2.45, 2.75) is 26.4 Å². The SMILES string of the molecule is COc1cc(NC(=O)Cc2c(C)nc3nc(C(F)(F)F)nn3c2C)cc(OC)c1OC. The first-order chi connectivity index (χ1) is 14.6. The van der Waals surface area contributed by atoms with Crippen molar-refractivity contribution in [2.24, 2.45) is 0 Å². The van der Waals surface area contributed by atoms with Crippen molar-refractivity contribution in [2.75, 3.05) is 26.6 Å². The van der Waals surface area contributed by atoms with Crippen molar-refractivity contribution < 1.29 is 32.2 Å². The van der Waals surface area contributed by atoms with E-state index in [0.717, 1.165) is 4.52 Å². The van der Waals surface area contributed by atoms with Gasteiger partial charge in [-0.15, -0.1) is 5.10 Å². The summed E-state index contributed by atoms with van der Waals surface area (Å²) >= 11 is 0. The monoisotopic (exact) mass is 439 g/mol. The largest absolute Gasteiger partial charge is 0.493 e. The van der Waals surface area contributed by atoms with E-state index in [9.17, 15) is 18.0 Å². The fourth-order valence-electron chi connectivity index (χ4n) is 3.10. The number of carbonyl (C=O) groups excluding carboxylic acids is 1. The van der Waals surface area contributed by atoms with Gasteiger partial charge in [-0.25, -0.2) is 9.50 Å². The molecule has 0 radical (unpaired) electrons. The van der Waals surface area contributed by atoms with Gasteiger partial charge in [0.05, 0.1) is 27.8 Å². The highest BCUT2D eigenvalue weighted by Gasteiger charge is 2.37. The second-order valence-electron chi connectivity index (χ2n) is 6.55. The van der Waals surface area contributed by atoms with Crippen LogP contribution in [0.25, 0.3) is 5.78 Å². The van der Waals surface area contributed by atoms with Crippen molar-refractivity contribution in [3.8, 4) is 17.2 Å². The van der Waals surface area contributed by atoms with Gasteiger partial charge in [-0.3, -0.25) is 4.79 Å². The van der Waals surface area contributed by atoms with Crippen molar-refractivity contribution >= 4 is 17.4 Å². The zero-order valence-corrected chi connectivity index (χ0v) is 17.4. The number of rotatable bonds is 6. The number of halogens is 3. The van der Waals surface area contributed by atoms with Gasteiger partial charge in [0.25, 0.3) is 11.6 Å². The maximum Gasteiger partial charge on any atom is 0.453 e. The number of methoxy groups -OCH3 is 3. The number of nitrogens with zero attached hydrogens (tertiary/aromatic N) is 4. The molecule has 12 heteroatoms. The van der Waals surface area contributed by atoms with Gasteiger partial charge in [-0.1, -0.05) is 0 Å². The summed E-state index contributed by atoms with van der Waals surface area (Å²) in [6, 6.07) is 3.13. The molecule has 9 nitrogen and oxygen atoms in total. The Morgan fingerprint density at radius 3 is 2.19 bits per heavy atom. The smallest absolute Gasteiger partial charge is 0.453 e. The summed E-state index contributed by atoms with van der Waals surface area (Å²) in [5.41, 5.74) is 1.55. The van der Waals surface area contributed by atoms with Gasteiger partial charge >= 0.3 is 6.18 Å². The first kappa shape index (κ1) is 22.1. The third-order valence-electron chi connectivity index (χ3n) is 4.59. The number of amides is 1. The lowest BCUT2D eigenvalue weighted by molar-refractivity contribution is -0.144. The molecule has 0 fully saturated rings. The Kier molecular flexibility index (Phi) is 5.91. The Bertz CT molecular complexity index is 1120. The minimum Gasteiger partial charge on any atom is -0.493 e. The van der Waals surface area contributed by atoms with Crippen LogP contribution in [0.5, 0.6) is 17.2 Å². The summed E-state index contributed by atoms with van der Waals surface area (Å²) < 4.78 is 55.5. The highest BCUT2D eigenvalue weighted by molar-refractivity contribution is 5.93. The second-order valence-corrected chi connectivity index (χ2v) is 6.55. The number of benzene rings is 1. The number of hydrogen-bond acceptors (Lipinski definition) is 7. The molecule has 1 N–H and O–H groups in total. The lowest BCUT2D eigenvalue weighted by Crippen LogP contribution is -2.18. The summed E-state index contributed by atoms with van der Waals surface area (Å²) in [6.07, 6.45) is -4.84. The van der Waals surface area contributed by atoms with Crippen LogP contribution in [0, 0.1) is 13.8 Å². The zero-order valence-electron chi connectivity index (χ0n) is 17.4. The predicted octanol–water partition coefficient (Wildman–Crippen LogP) is 2.97. The third kappa shape index (κ3) is 4.32. The molecule has 0 atom stereocenters. The molecule has 1 aromatic carbocycles. The fourth-order valence-corrected chi connectivity index (χ4v) is 3.10. The quantitative estimate of drug-likeness (QED) is 0.630. The van der Waals surface area contributed by atoms with Crippen molar-refractivity contribution in [3.63, 3.8) is 0 Å². The number of fused-ring (bicyclic) bond motifs is 1. The molecule has 0 aliphatic carbocycles. The van der Waals surface area contributed by atoms with Crippen LogP contribution < -0.4 is 19.5 Å². The third-order valence-corrected chi connectivity index (χ3v) is 4.59. The van der Waals surface area contributed by atoms with Crippen molar-refractivity contribution in [1.82, 2.24) is 19.6 Å². The summed E-state index contributed by atoms with van der Waals surface area (Å²) in [7, 11) is 4.36. The topological polar surface area (TPSA) is 99.9 Å². The highest BCUT2D eigenvalue weighted by Crippen LogP contribution is 2.40. The molecular formula is C19H20F3N5O4. The number of aryl methyl sites for hydroxylation is 2. The molecule has 3 rings (SSSR count). The maximum absolute atomic E-state index is 12.9. The molecule has 0 spiro atoms. The van der Waals surface area contributed by atoms with Crippen LogP contribution >= 0.6 is 0 Å². The molecule has 31 heavy (non-hydrogen) atoms. The number of ether oxygens (including phenoxy) is 3. The molecule has 0 aliphatic rings. The van der Waals surface area contributed by atoms with E-state index in [1.807, 2.05) is 0 Å². The molecule has 1 amide bonds. The molecule has 0 unspecified atom stereocenters. The van der Waals surface area contributed by atoms with Gasteiger partial charge in [0, 0.05) is 34.8 Å². The van der Waals surface area contributed by atoms with Crippen LogP contribution in [0.1, 0.15) is 22.8 Å². The second kappa shape index (κ2) is 8.28. The normalized spacial score (nSPS) is 11.5. The minimum absolute atomic E-state index is 0.140. The number of hydrogen-bond donors (Lipinski definition) is 1. The fraction of sp³-hybridized carbons (Fsp3) is 0.368. The van der Waals surface area contributed by atoms with E-state index < -0.39 is 17.9 Å². The van der Waals surface area contributed by atoms with E-state index in [2.05, 4.69) is 20.4 Å². The van der Waals surface area contributed by atoms with Crippen LogP contribution in [-0.4, -0.2) is 46.8 Å². The van der Waals surface area contributed by atoms with Crippen LogP contribution in [0.2, 0.25) is 0 Å². The molecule has 2 aromatic heterocycles. The summed E-state index contributed by atoms with van der Waals surface area (Å²) in [5.74, 6) is -0.809. The average molecular weight is 439 g/mol. The van der Waals surface area contributed by atoms with Crippen LogP contribution in [-0.2, 0) is 17.4 Å². The summed E-state index contributed by atoms with van der Waals surface area (Å²) in [6.45, 7) is 3.15. The van der Waals surface area contributed by atoms with Gasteiger partial charge in [-0.2, -0.15) is 18.2 Å². The van der Waals surface area contributed by atoms with Gasteiger partial charge in [0.15, 0.2) is 11.5 Å². The minimum atomic E-state index is -4.70. The summed E-state index contributed by atoms with van der Waals surface area (Å²) in [5, 5.41) is 6.20. The van der Waals surface area contributed by atoms with Crippen LogP contribution in [0.15, 0.2) is 12.1 Å². The highest BCUT2D eigenvalue weighted by atomic mass is 19.4. The lowest BCUT2D eigenvalue weighted by atomic mass is 10.1. The van der Waals surface area contributed by atoms with Gasteiger partial charge in [0.2, 0.25) is 11.7 Å². The van der Waals surface area contributed by atoms with E-state index in [1.54, 1.807) is 26.0 Å². The molecule has 0 bridgehead atoms.